The maximum Gasteiger partial charge on any atom is 0.338 e. The van der Waals surface area contributed by atoms with Gasteiger partial charge in [0.15, 0.2) is 6.61 Å². The van der Waals surface area contributed by atoms with Crippen LogP contribution in [0.1, 0.15) is 27.0 Å². The largest absolute Gasteiger partial charge is 0.452 e. The molecule has 0 aliphatic rings. The fourth-order valence-corrected chi connectivity index (χ4v) is 2.26. The summed E-state index contributed by atoms with van der Waals surface area (Å²) in [6, 6.07) is 12.8. The first-order chi connectivity index (χ1) is 11.5. The molecule has 0 aromatic heterocycles. The quantitative estimate of drug-likeness (QED) is 0.815. The molecule has 0 saturated carbocycles. The van der Waals surface area contributed by atoms with E-state index in [4.69, 9.17) is 16.3 Å². The summed E-state index contributed by atoms with van der Waals surface area (Å²) in [6.07, 6.45) is 0.689. The Morgan fingerprint density at radius 2 is 1.75 bits per heavy atom. The van der Waals surface area contributed by atoms with E-state index in [1.807, 2.05) is 44.2 Å². The number of hydrogen-bond donors (Lipinski definition) is 1. The smallest absolute Gasteiger partial charge is 0.338 e. The summed E-state index contributed by atoms with van der Waals surface area (Å²) < 4.78 is 5.03. The minimum Gasteiger partial charge on any atom is -0.452 e. The molecule has 126 valence electrons. The van der Waals surface area contributed by atoms with E-state index in [0.717, 1.165) is 16.7 Å². The van der Waals surface area contributed by atoms with Crippen molar-refractivity contribution in [3.05, 3.63) is 69.7 Å². The van der Waals surface area contributed by atoms with Crippen molar-refractivity contribution in [2.45, 2.75) is 20.3 Å². The highest BCUT2D eigenvalue weighted by atomic mass is 35.5. The molecular weight excluding hydrogens is 326 g/mol. The van der Waals surface area contributed by atoms with Crippen LogP contribution >= 0.6 is 11.6 Å². The van der Waals surface area contributed by atoms with Gasteiger partial charge < -0.3 is 10.1 Å². The summed E-state index contributed by atoms with van der Waals surface area (Å²) in [5.74, 6) is -0.813. The second-order valence-electron chi connectivity index (χ2n) is 5.60. The number of nitrogens with one attached hydrogen (secondary N) is 1. The summed E-state index contributed by atoms with van der Waals surface area (Å²) in [4.78, 5) is 23.7. The third-order valence-corrected chi connectivity index (χ3v) is 3.98. The molecule has 2 rings (SSSR count). The predicted molar refractivity (Wildman–Crippen MR) is 94.4 cm³/mol. The fourth-order valence-electron chi connectivity index (χ4n) is 2.13. The minimum absolute atomic E-state index is 0.285. The Morgan fingerprint density at radius 3 is 2.42 bits per heavy atom. The molecule has 2 aromatic rings. The van der Waals surface area contributed by atoms with Crippen LogP contribution in [0.3, 0.4) is 0 Å². The van der Waals surface area contributed by atoms with E-state index in [2.05, 4.69) is 5.32 Å². The third kappa shape index (κ3) is 5.39. The second kappa shape index (κ2) is 8.50. The lowest BCUT2D eigenvalue weighted by Gasteiger charge is -2.08. The summed E-state index contributed by atoms with van der Waals surface area (Å²) in [5, 5.41) is 3.41. The summed E-state index contributed by atoms with van der Waals surface area (Å²) in [5.41, 5.74) is 3.64. The average Bonchev–Trinajstić information content (AvgIpc) is 2.57. The average molecular weight is 346 g/mol. The van der Waals surface area contributed by atoms with Crippen LogP contribution in [-0.4, -0.2) is 25.0 Å². The molecule has 24 heavy (non-hydrogen) atoms. The molecule has 4 nitrogen and oxygen atoms in total. The Labute approximate surface area is 146 Å². The topological polar surface area (TPSA) is 55.4 Å². The lowest BCUT2D eigenvalue weighted by molar-refractivity contribution is -0.124. The highest BCUT2D eigenvalue weighted by Gasteiger charge is 2.10. The van der Waals surface area contributed by atoms with Crippen LogP contribution in [0.2, 0.25) is 5.02 Å². The molecule has 1 N–H and O–H groups in total. The molecule has 0 atom stereocenters. The van der Waals surface area contributed by atoms with Crippen molar-refractivity contribution < 1.29 is 14.3 Å². The molecule has 0 bridgehead atoms. The number of halogens is 1. The highest BCUT2D eigenvalue weighted by Crippen LogP contribution is 2.11. The number of aryl methyl sites for hydroxylation is 2. The number of rotatable bonds is 6. The van der Waals surface area contributed by atoms with Crippen LogP contribution in [0, 0.1) is 13.8 Å². The second-order valence-corrected chi connectivity index (χ2v) is 6.04. The lowest BCUT2D eigenvalue weighted by atomic mass is 10.1. The Morgan fingerprint density at radius 1 is 1.04 bits per heavy atom. The summed E-state index contributed by atoms with van der Waals surface area (Å²) >= 11 is 5.82. The number of carbonyl (C=O) groups is 2. The zero-order valence-corrected chi connectivity index (χ0v) is 14.5. The van der Waals surface area contributed by atoms with Crippen LogP contribution in [-0.2, 0) is 16.0 Å². The molecule has 0 heterocycles. The first-order valence-electron chi connectivity index (χ1n) is 7.71. The van der Waals surface area contributed by atoms with Gasteiger partial charge >= 0.3 is 5.97 Å². The number of ether oxygens (including phenoxy) is 1. The highest BCUT2D eigenvalue weighted by molar-refractivity contribution is 6.30. The first-order valence-corrected chi connectivity index (χ1v) is 8.09. The molecule has 5 heteroatoms. The van der Waals surface area contributed by atoms with Gasteiger partial charge in [-0.2, -0.15) is 0 Å². The molecular formula is C19H20ClNO3. The third-order valence-electron chi connectivity index (χ3n) is 3.73. The van der Waals surface area contributed by atoms with Gasteiger partial charge in [-0.05, 0) is 61.2 Å². The molecule has 0 radical (unpaired) electrons. The van der Waals surface area contributed by atoms with Crippen molar-refractivity contribution in [2.75, 3.05) is 13.2 Å². The first kappa shape index (κ1) is 18.0. The fraction of sp³-hybridized carbons (Fsp3) is 0.263. The Bertz CT molecular complexity index is 726. The van der Waals surface area contributed by atoms with Gasteiger partial charge in [-0.3, -0.25) is 4.79 Å². The maximum absolute atomic E-state index is 11.9. The van der Waals surface area contributed by atoms with E-state index in [9.17, 15) is 9.59 Å². The Hall–Kier alpha value is -2.33. The summed E-state index contributed by atoms with van der Waals surface area (Å²) in [6.45, 7) is 4.09. The number of esters is 1. The van der Waals surface area contributed by atoms with Gasteiger partial charge in [-0.15, -0.1) is 0 Å². The normalized spacial score (nSPS) is 10.3. The van der Waals surface area contributed by atoms with E-state index in [1.165, 1.54) is 0 Å². The number of carbonyl (C=O) groups excluding carboxylic acids is 2. The standard InChI is InChI=1S/C19H20ClNO3/c1-13-3-6-16(11-14(13)2)19(23)24-12-18(22)21-10-9-15-4-7-17(20)8-5-15/h3-8,11H,9-10,12H2,1-2H3,(H,21,22). The van der Waals surface area contributed by atoms with Crippen molar-refractivity contribution >= 4 is 23.5 Å². The molecule has 2 aromatic carbocycles. The van der Waals surface area contributed by atoms with E-state index in [1.54, 1.807) is 12.1 Å². The zero-order valence-electron chi connectivity index (χ0n) is 13.8. The molecule has 0 fully saturated rings. The van der Waals surface area contributed by atoms with Crippen molar-refractivity contribution in [2.24, 2.45) is 0 Å². The SMILES string of the molecule is Cc1ccc(C(=O)OCC(=O)NCCc2ccc(Cl)cc2)cc1C. The van der Waals surface area contributed by atoms with Crippen LogP contribution in [0.25, 0.3) is 0 Å². The van der Waals surface area contributed by atoms with E-state index in [0.29, 0.717) is 23.6 Å². The predicted octanol–water partition coefficient (Wildman–Crippen LogP) is 3.47. The molecule has 0 aliphatic heterocycles. The molecule has 0 aliphatic carbocycles. The van der Waals surface area contributed by atoms with Gasteiger partial charge in [0.2, 0.25) is 0 Å². The van der Waals surface area contributed by atoms with Crippen LogP contribution < -0.4 is 5.32 Å². The van der Waals surface area contributed by atoms with Crippen molar-refractivity contribution in [3.8, 4) is 0 Å². The van der Waals surface area contributed by atoms with Crippen molar-refractivity contribution in [1.29, 1.82) is 0 Å². The molecule has 1 amide bonds. The molecule has 0 spiro atoms. The van der Waals surface area contributed by atoms with Gasteiger partial charge in [0.1, 0.15) is 0 Å². The van der Waals surface area contributed by atoms with E-state index in [-0.39, 0.29) is 12.5 Å². The van der Waals surface area contributed by atoms with Crippen LogP contribution in [0.5, 0.6) is 0 Å². The van der Waals surface area contributed by atoms with E-state index < -0.39 is 5.97 Å². The lowest BCUT2D eigenvalue weighted by Crippen LogP contribution is -2.30. The van der Waals surface area contributed by atoms with Crippen LogP contribution in [0.15, 0.2) is 42.5 Å². The molecule has 0 unspecified atom stereocenters. The van der Waals surface area contributed by atoms with Crippen molar-refractivity contribution in [1.82, 2.24) is 5.32 Å². The number of benzene rings is 2. The molecule has 0 saturated heterocycles. The Kier molecular flexibility index (Phi) is 6.38. The van der Waals surface area contributed by atoms with Crippen molar-refractivity contribution in [3.63, 3.8) is 0 Å². The number of amides is 1. The number of hydrogen-bond acceptors (Lipinski definition) is 3. The van der Waals surface area contributed by atoms with Crippen LogP contribution in [0.4, 0.5) is 0 Å². The minimum atomic E-state index is -0.494. The monoisotopic (exact) mass is 345 g/mol. The van der Waals surface area contributed by atoms with E-state index >= 15 is 0 Å². The summed E-state index contributed by atoms with van der Waals surface area (Å²) in [7, 11) is 0. The Balaban J connectivity index is 1.73. The van der Waals surface area contributed by atoms with Gasteiger partial charge in [-0.1, -0.05) is 29.8 Å². The van der Waals surface area contributed by atoms with Gasteiger partial charge in [0.05, 0.1) is 5.56 Å². The van der Waals surface area contributed by atoms with Gasteiger partial charge in [-0.25, -0.2) is 4.79 Å². The van der Waals surface area contributed by atoms with Gasteiger partial charge in [0.25, 0.3) is 5.91 Å². The zero-order chi connectivity index (χ0) is 17.5. The maximum atomic E-state index is 11.9. The van der Waals surface area contributed by atoms with Gasteiger partial charge in [0, 0.05) is 11.6 Å².